The Balaban J connectivity index is 1.71. The van der Waals surface area contributed by atoms with Crippen molar-refractivity contribution in [1.82, 2.24) is 0 Å². The Morgan fingerprint density at radius 1 is 0.982 bits per heavy atom. The zero-order valence-electron chi connectivity index (χ0n) is 37.3. The number of hydrogen-bond acceptors (Lipinski definition) is 9. The monoisotopic (exact) mass is 848 g/mol. The first-order chi connectivity index (χ1) is 26.3. The molecule has 3 aliphatic rings. The lowest BCUT2D eigenvalue weighted by atomic mass is 9.76. The molecule has 9 atom stereocenters. The molecular formula is C45H76O9SSi2. The zero-order chi connectivity index (χ0) is 42.6. The van der Waals surface area contributed by atoms with Crippen molar-refractivity contribution in [2.24, 2.45) is 11.8 Å². The first-order valence-electron chi connectivity index (χ1n) is 21.1. The molecular weight excluding hydrogens is 773 g/mol. The Bertz CT molecular complexity index is 1630. The molecule has 0 amide bonds. The molecule has 12 heteroatoms. The van der Waals surface area contributed by atoms with Crippen LogP contribution in [0.4, 0.5) is 0 Å². The highest BCUT2D eigenvalue weighted by atomic mass is 32.2. The molecule has 0 aliphatic carbocycles. The van der Waals surface area contributed by atoms with Crippen LogP contribution in [0.15, 0.2) is 71.9 Å². The molecule has 9 nitrogen and oxygen atoms in total. The lowest BCUT2D eigenvalue weighted by Crippen LogP contribution is -2.49. The zero-order valence-corrected chi connectivity index (χ0v) is 40.1. The van der Waals surface area contributed by atoms with E-state index >= 15 is 0 Å². The van der Waals surface area contributed by atoms with E-state index in [0.29, 0.717) is 44.6 Å². The van der Waals surface area contributed by atoms with Crippen molar-refractivity contribution in [3.05, 3.63) is 67.0 Å². The summed E-state index contributed by atoms with van der Waals surface area (Å²) in [7, 11) is -6.43. The van der Waals surface area contributed by atoms with Gasteiger partial charge in [0.15, 0.2) is 26.5 Å². The maximum absolute atomic E-state index is 14.2. The normalized spacial score (nSPS) is 29.9. The van der Waals surface area contributed by atoms with E-state index in [0.717, 1.165) is 24.2 Å². The van der Waals surface area contributed by atoms with Gasteiger partial charge in [0.05, 0.1) is 66.2 Å². The molecule has 3 heterocycles. The number of ether oxygens (including phenoxy) is 4. The Kier molecular flexibility index (Phi) is 16.0. The molecule has 4 rings (SSSR count). The van der Waals surface area contributed by atoms with Crippen molar-refractivity contribution in [1.29, 1.82) is 0 Å². The smallest absolute Gasteiger partial charge is 0.192 e. The molecule has 0 bridgehead atoms. The first-order valence-corrected chi connectivity index (χ1v) is 28.5. The summed E-state index contributed by atoms with van der Waals surface area (Å²) in [4.78, 5) is 0.288. The molecule has 3 saturated heterocycles. The molecule has 3 aliphatic heterocycles. The maximum atomic E-state index is 14.2. The minimum Gasteiger partial charge on any atom is -0.492 e. The standard InChI is InChI=1S/C45H76O9SSi2/c1-32-25-34(3)53-45(28-32,23-22-39-33(2)26-35(51-39)19-18-24-46)29-41-38(31-55(47,48)37-20-16-15-17-21-37)42(49-10)40(52-41)27-36(54-57(13,14)44(7,8)9)30-50-56(11,12)43(4,5)6/h15-21,32,35-36,38-42,46H,2-3,22-31H2,1,4-14H3/b19-18+/t32?,35-,36-,38-,39-,40+,41-,42+,45?/m0/s1. The average molecular weight is 849 g/mol. The highest BCUT2D eigenvalue weighted by molar-refractivity contribution is 7.91. The van der Waals surface area contributed by atoms with E-state index in [1.54, 1.807) is 37.5 Å². The van der Waals surface area contributed by atoms with Crippen molar-refractivity contribution >= 4 is 26.5 Å². The summed E-state index contributed by atoms with van der Waals surface area (Å²) in [5.41, 5.74) is 0.364. The van der Waals surface area contributed by atoms with E-state index in [1.807, 2.05) is 12.1 Å². The van der Waals surface area contributed by atoms with Gasteiger partial charge < -0.3 is 32.9 Å². The van der Waals surface area contributed by atoms with Gasteiger partial charge in [-0.25, -0.2) is 8.42 Å². The highest BCUT2D eigenvalue weighted by Crippen LogP contribution is 2.47. The molecule has 1 aromatic rings. The summed E-state index contributed by atoms with van der Waals surface area (Å²) in [6.45, 7) is 33.8. The Morgan fingerprint density at radius 3 is 2.21 bits per heavy atom. The van der Waals surface area contributed by atoms with Gasteiger partial charge in [-0.05, 0) is 79.2 Å². The second kappa shape index (κ2) is 19.0. The van der Waals surface area contributed by atoms with E-state index in [-0.39, 0.29) is 45.6 Å². The number of allylic oxidation sites excluding steroid dienone is 1. The Hall–Kier alpha value is -1.62. The summed E-state index contributed by atoms with van der Waals surface area (Å²) in [5.74, 6) is 0.451. The topological polar surface area (TPSA) is 110 Å². The maximum Gasteiger partial charge on any atom is 0.192 e. The van der Waals surface area contributed by atoms with E-state index < -0.39 is 56.3 Å². The predicted octanol–water partition coefficient (Wildman–Crippen LogP) is 9.79. The predicted molar refractivity (Wildman–Crippen MR) is 235 cm³/mol. The largest absolute Gasteiger partial charge is 0.492 e. The van der Waals surface area contributed by atoms with Gasteiger partial charge in [-0.1, -0.05) is 92.0 Å². The van der Waals surface area contributed by atoms with Crippen molar-refractivity contribution in [3.63, 3.8) is 0 Å². The van der Waals surface area contributed by atoms with Crippen LogP contribution in [-0.4, -0.2) is 98.5 Å². The van der Waals surface area contributed by atoms with Crippen molar-refractivity contribution < 1.29 is 41.3 Å². The molecule has 57 heavy (non-hydrogen) atoms. The summed E-state index contributed by atoms with van der Waals surface area (Å²) in [5, 5.41) is 9.32. The molecule has 1 aromatic carbocycles. The number of aliphatic hydroxyl groups is 1. The fourth-order valence-electron chi connectivity index (χ4n) is 8.28. The van der Waals surface area contributed by atoms with Crippen molar-refractivity contribution in [2.45, 2.75) is 177 Å². The number of benzene rings is 1. The van der Waals surface area contributed by atoms with Crippen LogP contribution < -0.4 is 0 Å². The minimum atomic E-state index is -3.71. The summed E-state index contributed by atoms with van der Waals surface area (Å²) < 4.78 is 69.1. The van der Waals surface area contributed by atoms with Crippen molar-refractivity contribution in [2.75, 3.05) is 26.1 Å². The average Bonchev–Trinajstić information content (AvgIpc) is 3.61. The van der Waals surface area contributed by atoms with Crippen LogP contribution in [0.2, 0.25) is 36.3 Å². The molecule has 0 spiro atoms. The van der Waals surface area contributed by atoms with Crippen LogP contribution in [0.3, 0.4) is 0 Å². The Labute approximate surface area is 348 Å². The second-order valence-corrected chi connectivity index (χ2v) is 31.8. The van der Waals surface area contributed by atoms with E-state index in [4.69, 9.17) is 27.8 Å². The van der Waals surface area contributed by atoms with E-state index in [9.17, 15) is 13.5 Å². The van der Waals surface area contributed by atoms with E-state index in [1.165, 1.54) is 0 Å². The second-order valence-electron chi connectivity index (χ2n) is 20.2. The SMILES string of the molecule is C=C1CC(C)CC(CC[C@@H]2O[C@@H](/C=C/CO)CC2=C)(C[C@@H]2O[C@H](C[C@@H](CO[Si](C)(C)C(C)(C)C)O[Si](C)(C)C(C)(C)C)[C@H](OC)[C@H]2CS(=O)(=O)c2ccccc2)O1. The molecule has 3 fully saturated rings. The van der Waals surface area contributed by atoms with Gasteiger partial charge in [-0.2, -0.15) is 0 Å². The third-order valence-electron chi connectivity index (χ3n) is 13.4. The fourth-order valence-corrected chi connectivity index (χ4v) is 12.3. The van der Waals surface area contributed by atoms with Crippen molar-refractivity contribution in [3.8, 4) is 0 Å². The number of aliphatic hydroxyl groups excluding tert-OH is 1. The molecule has 0 radical (unpaired) electrons. The number of rotatable bonds is 18. The molecule has 1 N–H and O–H groups in total. The molecule has 324 valence electrons. The van der Waals surface area contributed by atoms with Gasteiger partial charge in [-0.15, -0.1) is 0 Å². The van der Waals surface area contributed by atoms with Crippen LogP contribution in [0.1, 0.15) is 93.4 Å². The lowest BCUT2D eigenvalue weighted by molar-refractivity contribution is -0.106. The third kappa shape index (κ3) is 12.5. The number of sulfone groups is 1. The first kappa shape index (κ1) is 48.1. The molecule has 0 saturated carbocycles. The lowest BCUT2D eigenvalue weighted by Gasteiger charge is -2.44. The van der Waals surface area contributed by atoms with Gasteiger partial charge in [0.2, 0.25) is 0 Å². The highest BCUT2D eigenvalue weighted by Gasteiger charge is 2.53. The van der Waals surface area contributed by atoms with Crippen LogP contribution in [-0.2, 0) is 37.6 Å². The fraction of sp³-hybridized carbons (Fsp3) is 0.733. The molecule has 0 aromatic heterocycles. The molecule has 2 unspecified atom stereocenters. The van der Waals surface area contributed by atoms with Gasteiger partial charge in [0.25, 0.3) is 0 Å². The van der Waals surface area contributed by atoms with Gasteiger partial charge in [0, 0.05) is 38.7 Å². The summed E-state index contributed by atoms with van der Waals surface area (Å²) in [6, 6.07) is 8.68. The minimum absolute atomic E-state index is 0.0256. The quantitative estimate of drug-likeness (QED) is 0.114. The summed E-state index contributed by atoms with van der Waals surface area (Å²) in [6.07, 6.45) is 6.20. The van der Waals surface area contributed by atoms with Gasteiger partial charge in [0.1, 0.15) is 5.60 Å². The van der Waals surface area contributed by atoms with Crippen LogP contribution in [0.25, 0.3) is 0 Å². The number of hydrogen-bond donors (Lipinski definition) is 1. The van der Waals surface area contributed by atoms with Crippen LogP contribution in [0, 0.1) is 11.8 Å². The van der Waals surface area contributed by atoms with Gasteiger partial charge >= 0.3 is 0 Å². The Morgan fingerprint density at radius 2 is 1.63 bits per heavy atom. The summed E-state index contributed by atoms with van der Waals surface area (Å²) >= 11 is 0. The van der Waals surface area contributed by atoms with Crippen LogP contribution in [0.5, 0.6) is 0 Å². The van der Waals surface area contributed by atoms with Gasteiger partial charge in [-0.3, -0.25) is 0 Å². The number of methoxy groups -OCH3 is 1. The third-order valence-corrected chi connectivity index (χ3v) is 24.3. The van der Waals surface area contributed by atoms with Crippen LogP contribution >= 0.6 is 0 Å². The van der Waals surface area contributed by atoms with E-state index in [2.05, 4.69) is 87.8 Å².